The molecule has 1 heterocycles. The van der Waals surface area contributed by atoms with Gasteiger partial charge in [-0.3, -0.25) is 0 Å². The van der Waals surface area contributed by atoms with E-state index in [1.165, 1.54) is 57.2 Å². The van der Waals surface area contributed by atoms with E-state index in [1.807, 2.05) is 0 Å². The molecule has 4 rings (SSSR count). The van der Waals surface area contributed by atoms with Crippen LogP contribution in [0.5, 0.6) is 0 Å². The van der Waals surface area contributed by atoms with Gasteiger partial charge in [-0.2, -0.15) is 0 Å². The van der Waals surface area contributed by atoms with Crippen LogP contribution in [-0.4, -0.2) is 48.8 Å². The molecule has 3 fully saturated rings. The Balaban J connectivity index is 1.41. The van der Waals surface area contributed by atoms with Crippen molar-refractivity contribution in [3.05, 3.63) is 30.3 Å². The molecule has 1 aromatic carbocycles. The van der Waals surface area contributed by atoms with Crippen LogP contribution in [0.2, 0.25) is 0 Å². The molecule has 1 aromatic rings. The van der Waals surface area contributed by atoms with E-state index >= 15 is 0 Å². The number of morpholine rings is 1. The Hall–Kier alpha value is -1.06. The number of nitrogens with zero attached hydrogens (tertiary/aromatic N) is 2. The average Bonchev–Trinajstić information content (AvgIpc) is 3.38. The van der Waals surface area contributed by atoms with Crippen molar-refractivity contribution >= 4 is 5.69 Å². The molecule has 0 bridgehead atoms. The zero-order chi connectivity index (χ0) is 18.2. The molecular formula is C23H36N2O. The molecule has 3 nitrogen and oxygen atoms in total. The van der Waals surface area contributed by atoms with Gasteiger partial charge in [-0.05, 0) is 76.6 Å². The molecule has 144 valence electrons. The van der Waals surface area contributed by atoms with Crippen LogP contribution in [0, 0.1) is 5.92 Å². The van der Waals surface area contributed by atoms with E-state index in [2.05, 4.69) is 61.0 Å². The van der Waals surface area contributed by atoms with Crippen molar-refractivity contribution in [2.75, 3.05) is 31.6 Å². The summed E-state index contributed by atoms with van der Waals surface area (Å²) >= 11 is 0. The van der Waals surface area contributed by atoms with E-state index in [0.29, 0.717) is 0 Å². The maximum atomic E-state index is 6.83. The first kappa shape index (κ1) is 18.3. The van der Waals surface area contributed by atoms with Crippen molar-refractivity contribution in [1.29, 1.82) is 0 Å². The Labute approximate surface area is 159 Å². The van der Waals surface area contributed by atoms with E-state index in [0.717, 1.165) is 25.0 Å². The van der Waals surface area contributed by atoms with Crippen LogP contribution in [0.4, 0.5) is 5.69 Å². The van der Waals surface area contributed by atoms with Gasteiger partial charge in [0.1, 0.15) is 0 Å². The second-order valence-electron chi connectivity index (χ2n) is 9.55. The highest BCUT2D eigenvalue weighted by atomic mass is 16.5. The van der Waals surface area contributed by atoms with Crippen LogP contribution in [-0.2, 0) is 4.74 Å². The van der Waals surface area contributed by atoms with E-state index in [9.17, 15) is 0 Å². The Morgan fingerprint density at radius 3 is 2.23 bits per heavy atom. The Bertz CT molecular complexity index is 587. The van der Waals surface area contributed by atoms with Crippen molar-refractivity contribution in [3.8, 4) is 0 Å². The number of benzene rings is 1. The van der Waals surface area contributed by atoms with Gasteiger partial charge >= 0.3 is 0 Å². The summed E-state index contributed by atoms with van der Waals surface area (Å²) in [6.07, 6.45) is 8.80. The third-order valence-corrected chi connectivity index (χ3v) is 6.87. The maximum Gasteiger partial charge on any atom is 0.0867 e. The van der Waals surface area contributed by atoms with E-state index in [1.54, 1.807) is 0 Å². The zero-order valence-electron chi connectivity index (χ0n) is 16.9. The van der Waals surface area contributed by atoms with Crippen LogP contribution in [0.25, 0.3) is 0 Å². The number of para-hydroxylation sites is 1. The summed E-state index contributed by atoms with van der Waals surface area (Å²) in [5.74, 6) is 0.795. The minimum atomic E-state index is 0.0833. The molecule has 0 amide bonds. The molecule has 0 atom stereocenters. The predicted octanol–water partition coefficient (Wildman–Crippen LogP) is 4.72. The molecule has 0 radical (unpaired) electrons. The molecule has 2 aliphatic carbocycles. The minimum absolute atomic E-state index is 0.0833. The Morgan fingerprint density at radius 2 is 1.65 bits per heavy atom. The van der Waals surface area contributed by atoms with Crippen molar-refractivity contribution in [3.63, 3.8) is 0 Å². The van der Waals surface area contributed by atoms with E-state index < -0.39 is 0 Å². The molecule has 26 heavy (non-hydrogen) atoms. The number of anilines is 1. The van der Waals surface area contributed by atoms with Crippen molar-refractivity contribution in [2.24, 2.45) is 5.92 Å². The maximum absolute atomic E-state index is 6.83. The fourth-order valence-electron chi connectivity index (χ4n) is 4.97. The van der Waals surface area contributed by atoms with Gasteiger partial charge in [0.2, 0.25) is 0 Å². The molecular weight excluding hydrogens is 320 g/mol. The molecule has 1 saturated heterocycles. The molecule has 2 spiro atoms. The molecule has 1 aliphatic heterocycles. The highest BCUT2D eigenvalue weighted by Gasteiger charge is 2.56. The number of ether oxygens (including phenoxy) is 1. The van der Waals surface area contributed by atoms with Gasteiger partial charge in [-0.25, -0.2) is 0 Å². The smallest absolute Gasteiger partial charge is 0.0867 e. The highest BCUT2D eigenvalue weighted by Crippen LogP contribution is 2.51. The topological polar surface area (TPSA) is 15.7 Å². The molecule has 0 aromatic heterocycles. The first-order valence-corrected chi connectivity index (χ1v) is 10.7. The van der Waals surface area contributed by atoms with Gasteiger partial charge in [-0.1, -0.05) is 32.0 Å². The van der Waals surface area contributed by atoms with Gasteiger partial charge in [0.05, 0.1) is 11.2 Å². The summed E-state index contributed by atoms with van der Waals surface area (Å²) in [7, 11) is 2.32. The van der Waals surface area contributed by atoms with Crippen LogP contribution in [0.15, 0.2) is 30.3 Å². The second-order valence-corrected chi connectivity index (χ2v) is 9.55. The summed E-state index contributed by atoms with van der Waals surface area (Å²) in [6, 6.07) is 11.7. The van der Waals surface area contributed by atoms with Gasteiger partial charge in [0.25, 0.3) is 0 Å². The summed E-state index contributed by atoms with van der Waals surface area (Å²) in [6.45, 7) is 8.04. The molecule has 2 saturated carbocycles. The Morgan fingerprint density at radius 1 is 1.04 bits per heavy atom. The fraction of sp³-hybridized carbons (Fsp3) is 0.739. The Kier molecular flexibility index (Phi) is 5.04. The molecule has 3 heteroatoms. The second kappa shape index (κ2) is 7.16. The lowest BCUT2D eigenvalue weighted by Gasteiger charge is -2.51. The third kappa shape index (κ3) is 3.94. The van der Waals surface area contributed by atoms with E-state index in [4.69, 9.17) is 4.74 Å². The largest absolute Gasteiger partial charge is 0.366 e. The van der Waals surface area contributed by atoms with Crippen LogP contribution < -0.4 is 4.90 Å². The minimum Gasteiger partial charge on any atom is -0.366 e. The molecule has 3 aliphatic rings. The zero-order valence-corrected chi connectivity index (χ0v) is 16.9. The first-order chi connectivity index (χ1) is 12.5. The van der Waals surface area contributed by atoms with E-state index in [-0.39, 0.29) is 11.2 Å². The van der Waals surface area contributed by atoms with Crippen molar-refractivity contribution in [2.45, 2.75) is 76.0 Å². The van der Waals surface area contributed by atoms with Gasteiger partial charge in [0, 0.05) is 24.8 Å². The summed E-state index contributed by atoms with van der Waals surface area (Å²) in [4.78, 5) is 5.22. The molecule has 0 unspecified atom stereocenters. The summed E-state index contributed by atoms with van der Waals surface area (Å²) in [5.41, 5.74) is 1.61. The highest BCUT2D eigenvalue weighted by molar-refractivity contribution is 5.48. The quantitative estimate of drug-likeness (QED) is 0.759. The lowest BCUT2D eigenvalue weighted by molar-refractivity contribution is -0.144. The van der Waals surface area contributed by atoms with Crippen LogP contribution in [0.3, 0.4) is 0 Å². The fourth-order valence-corrected chi connectivity index (χ4v) is 4.97. The molecule has 0 N–H and O–H groups in total. The van der Waals surface area contributed by atoms with Gasteiger partial charge in [-0.15, -0.1) is 0 Å². The average molecular weight is 357 g/mol. The number of rotatable bonds is 5. The first-order valence-electron chi connectivity index (χ1n) is 10.7. The van der Waals surface area contributed by atoms with Crippen molar-refractivity contribution in [1.82, 2.24) is 4.90 Å². The van der Waals surface area contributed by atoms with Gasteiger partial charge < -0.3 is 14.5 Å². The predicted molar refractivity (Wildman–Crippen MR) is 109 cm³/mol. The number of hydrogen-bond acceptors (Lipinski definition) is 3. The van der Waals surface area contributed by atoms with Crippen LogP contribution in [0.1, 0.15) is 58.8 Å². The van der Waals surface area contributed by atoms with Crippen LogP contribution >= 0.6 is 0 Å². The number of hydrogen-bond donors (Lipinski definition) is 0. The SMILES string of the molecule is CC(C)CCN(C)C1CCC2(CC1)CN(c1ccccc1)CC1(CC1)O2. The summed E-state index contributed by atoms with van der Waals surface area (Å²) < 4.78 is 6.83. The summed E-state index contributed by atoms with van der Waals surface area (Å²) in [5, 5.41) is 0. The monoisotopic (exact) mass is 356 g/mol. The van der Waals surface area contributed by atoms with Gasteiger partial charge in [0.15, 0.2) is 0 Å². The lowest BCUT2D eigenvalue weighted by Crippen LogP contribution is -2.59. The lowest BCUT2D eigenvalue weighted by atomic mass is 9.79. The normalized spacial score (nSPS) is 30.5. The van der Waals surface area contributed by atoms with Crippen molar-refractivity contribution < 1.29 is 4.74 Å². The standard InChI is InChI=1S/C23H36N2O/c1-19(2)11-16-24(3)20-9-12-22(13-10-20)17-25(18-23(26-22)14-15-23)21-7-5-4-6-8-21/h4-8,19-20H,9-18H2,1-3H3. The third-order valence-electron chi connectivity index (χ3n) is 6.87.